The van der Waals surface area contributed by atoms with Gasteiger partial charge in [0.1, 0.15) is 0 Å². The molecule has 0 aliphatic carbocycles. The van der Waals surface area contributed by atoms with Crippen LogP contribution in [0.15, 0.2) is 22.7 Å². The number of amides is 1. The van der Waals surface area contributed by atoms with Gasteiger partial charge in [-0.3, -0.25) is 4.79 Å². The molecule has 0 bridgehead atoms. The van der Waals surface area contributed by atoms with Crippen molar-refractivity contribution in [2.45, 2.75) is 33.6 Å². The Kier molecular flexibility index (Phi) is 6.52. The second kappa shape index (κ2) is 7.65. The van der Waals surface area contributed by atoms with E-state index in [0.717, 1.165) is 22.1 Å². The minimum Gasteiger partial charge on any atom is -0.330 e. The molecule has 1 rings (SSSR count). The van der Waals surface area contributed by atoms with E-state index in [0.29, 0.717) is 18.9 Å². The summed E-state index contributed by atoms with van der Waals surface area (Å²) in [4.78, 5) is 12.0. The minimum absolute atomic E-state index is 0.0284. The fourth-order valence-corrected chi connectivity index (χ4v) is 2.71. The first-order valence-electron chi connectivity index (χ1n) is 6.68. The van der Waals surface area contributed by atoms with Crippen LogP contribution in [0.2, 0.25) is 0 Å². The van der Waals surface area contributed by atoms with Gasteiger partial charge in [-0.15, -0.1) is 0 Å². The van der Waals surface area contributed by atoms with Crippen LogP contribution in [0.3, 0.4) is 0 Å². The van der Waals surface area contributed by atoms with Crippen LogP contribution in [0, 0.1) is 18.8 Å². The van der Waals surface area contributed by atoms with Gasteiger partial charge in [0, 0.05) is 10.9 Å². The van der Waals surface area contributed by atoms with Crippen molar-refractivity contribution in [3.05, 3.63) is 28.2 Å². The maximum atomic E-state index is 12.0. The van der Waals surface area contributed by atoms with E-state index in [2.05, 4.69) is 35.1 Å². The van der Waals surface area contributed by atoms with Gasteiger partial charge in [-0.25, -0.2) is 0 Å². The number of nitrogens with one attached hydrogen (secondary N) is 1. The van der Waals surface area contributed by atoms with E-state index in [1.54, 1.807) is 0 Å². The number of carbonyl (C=O) groups is 1. The lowest BCUT2D eigenvalue weighted by atomic mass is 9.94. The van der Waals surface area contributed by atoms with Crippen molar-refractivity contribution in [2.24, 2.45) is 17.6 Å². The van der Waals surface area contributed by atoms with Crippen LogP contribution in [0.25, 0.3) is 0 Å². The molecule has 0 aliphatic rings. The zero-order valence-electron chi connectivity index (χ0n) is 11.9. The monoisotopic (exact) mass is 326 g/mol. The van der Waals surface area contributed by atoms with Crippen molar-refractivity contribution in [1.29, 1.82) is 0 Å². The number of aryl methyl sites for hydroxylation is 1. The number of hydrogen-bond acceptors (Lipinski definition) is 2. The summed E-state index contributed by atoms with van der Waals surface area (Å²) in [7, 11) is 0. The summed E-state index contributed by atoms with van der Waals surface area (Å²) in [5.41, 5.74) is 7.70. The summed E-state index contributed by atoms with van der Waals surface area (Å²) in [6.45, 7) is 6.87. The molecule has 0 unspecified atom stereocenters. The molecule has 1 amide bonds. The van der Waals surface area contributed by atoms with Crippen LogP contribution in [-0.4, -0.2) is 12.5 Å². The maximum absolute atomic E-state index is 12.0. The minimum atomic E-state index is 0.0284. The highest BCUT2D eigenvalue weighted by atomic mass is 79.9. The summed E-state index contributed by atoms with van der Waals surface area (Å²) in [5, 5.41) is 2.93. The first-order chi connectivity index (χ1) is 8.92. The molecule has 3 N–H and O–H groups in total. The lowest BCUT2D eigenvalue weighted by molar-refractivity contribution is -0.117. The third-order valence-electron chi connectivity index (χ3n) is 3.01. The highest BCUT2D eigenvalue weighted by Gasteiger charge is 2.14. The predicted octanol–water partition coefficient (Wildman–Crippen LogP) is 3.71. The molecule has 19 heavy (non-hydrogen) atoms. The summed E-state index contributed by atoms with van der Waals surface area (Å²) in [6, 6.07) is 5.89. The third-order valence-corrected chi connectivity index (χ3v) is 3.67. The largest absolute Gasteiger partial charge is 0.330 e. The Morgan fingerprint density at radius 2 is 2.11 bits per heavy atom. The number of anilines is 1. The number of hydrogen-bond donors (Lipinski definition) is 2. The Morgan fingerprint density at radius 3 is 2.63 bits per heavy atom. The van der Waals surface area contributed by atoms with Crippen molar-refractivity contribution in [2.75, 3.05) is 11.9 Å². The average Bonchev–Trinajstić information content (AvgIpc) is 2.31. The summed E-state index contributed by atoms with van der Waals surface area (Å²) in [5.74, 6) is 0.845. The summed E-state index contributed by atoms with van der Waals surface area (Å²) in [6.07, 6.45) is 1.47. The summed E-state index contributed by atoms with van der Waals surface area (Å²) >= 11 is 3.46. The predicted molar refractivity (Wildman–Crippen MR) is 84.1 cm³/mol. The van der Waals surface area contributed by atoms with Gasteiger partial charge in [-0.05, 0) is 65.4 Å². The van der Waals surface area contributed by atoms with Crippen molar-refractivity contribution in [3.8, 4) is 0 Å². The van der Waals surface area contributed by atoms with E-state index in [1.807, 2.05) is 25.1 Å². The molecule has 0 aliphatic heterocycles. The number of benzene rings is 1. The zero-order valence-corrected chi connectivity index (χ0v) is 13.5. The van der Waals surface area contributed by atoms with E-state index in [-0.39, 0.29) is 11.8 Å². The lowest BCUT2D eigenvalue weighted by Gasteiger charge is -2.17. The highest BCUT2D eigenvalue weighted by Crippen LogP contribution is 2.24. The van der Waals surface area contributed by atoms with E-state index in [4.69, 9.17) is 5.73 Å². The van der Waals surface area contributed by atoms with Gasteiger partial charge >= 0.3 is 0 Å². The Balaban J connectivity index is 2.59. The first-order valence-corrected chi connectivity index (χ1v) is 7.47. The quantitative estimate of drug-likeness (QED) is 0.837. The number of halogens is 1. The Bertz CT molecular complexity index is 432. The second-order valence-corrected chi connectivity index (χ2v) is 6.32. The fraction of sp³-hybridized carbons (Fsp3) is 0.533. The van der Waals surface area contributed by atoms with Gasteiger partial charge < -0.3 is 11.1 Å². The molecule has 106 valence electrons. The topological polar surface area (TPSA) is 55.1 Å². The van der Waals surface area contributed by atoms with Gasteiger partial charge in [-0.2, -0.15) is 0 Å². The number of carbonyl (C=O) groups excluding carboxylic acids is 1. The molecule has 1 aromatic rings. The van der Waals surface area contributed by atoms with Gasteiger partial charge in [0.05, 0.1) is 5.69 Å². The van der Waals surface area contributed by atoms with E-state index >= 15 is 0 Å². The molecule has 0 saturated heterocycles. The molecule has 0 heterocycles. The van der Waals surface area contributed by atoms with E-state index in [1.165, 1.54) is 0 Å². The van der Waals surface area contributed by atoms with Crippen molar-refractivity contribution in [1.82, 2.24) is 0 Å². The third kappa shape index (κ3) is 5.74. The van der Waals surface area contributed by atoms with Gasteiger partial charge in [-0.1, -0.05) is 19.9 Å². The van der Waals surface area contributed by atoms with Crippen LogP contribution in [0.1, 0.15) is 32.3 Å². The van der Waals surface area contributed by atoms with Crippen molar-refractivity contribution >= 4 is 27.5 Å². The molecule has 0 radical (unpaired) electrons. The molecule has 0 fully saturated rings. The smallest absolute Gasteiger partial charge is 0.224 e. The van der Waals surface area contributed by atoms with Crippen molar-refractivity contribution in [3.63, 3.8) is 0 Å². The van der Waals surface area contributed by atoms with Crippen LogP contribution in [0.5, 0.6) is 0 Å². The fourth-order valence-electron chi connectivity index (χ4n) is 2.11. The number of rotatable bonds is 6. The average molecular weight is 327 g/mol. The molecule has 4 heteroatoms. The normalized spacial score (nSPS) is 12.5. The molecule has 0 aromatic heterocycles. The van der Waals surface area contributed by atoms with Crippen LogP contribution >= 0.6 is 15.9 Å². The van der Waals surface area contributed by atoms with Crippen LogP contribution < -0.4 is 11.1 Å². The van der Waals surface area contributed by atoms with Gasteiger partial charge in [0.2, 0.25) is 5.91 Å². The number of nitrogens with two attached hydrogens (primary N) is 1. The molecule has 3 nitrogen and oxygen atoms in total. The molecular formula is C15H23BrN2O. The highest BCUT2D eigenvalue weighted by molar-refractivity contribution is 9.10. The first kappa shape index (κ1) is 16.2. The molecule has 0 saturated carbocycles. The Morgan fingerprint density at radius 1 is 1.42 bits per heavy atom. The second-order valence-electron chi connectivity index (χ2n) is 5.47. The van der Waals surface area contributed by atoms with Crippen molar-refractivity contribution < 1.29 is 4.79 Å². The molecule has 1 aromatic carbocycles. The van der Waals surface area contributed by atoms with E-state index < -0.39 is 0 Å². The molecule has 0 spiro atoms. The van der Waals surface area contributed by atoms with E-state index in [9.17, 15) is 4.79 Å². The van der Waals surface area contributed by atoms with Gasteiger partial charge in [0.15, 0.2) is 0 Å². The Labute approximate surface area is 124 Å². The van der Waals surface area contributed by atoms with Gasteiger partial charge in [0.25, 0.3) is 0 Å². The molecular weight excluding hydrogens is 304 g/mol. The van der Waals surface area contributed by atoms with Crippen LogP contribution in [0.4, 0.5) is 5.69 Å². The Hall–Kier alpha value is -0.870. The SMILES string of the molecule is Cc1ccc(NC(=O)C[C@@H](CN)CC(C)C)c(Br)c1. The lowest BCUT2D eigenvalue weighted by Crippen LogP contribution is -2.23. The standard InChI is InChI=1S/C15H23BrN2O/c1-10(2)6-12(9-17)8-15(19)18-14-5-4-11(3)7-13(14)16/h4-5,7,10,12H,6,8-9,17H2,1-3H3,(H,18,19)/t12-/m0/s1. The van der Waals surface area contributed by atoms with Crippen LogP contribution in [-0.2, 0) is 4.79 Å². The molecule has 1 atom stereocenters. The zero-order chi connectivity index (χ0) is 14.4. The summed E-state index contributed by atoms with van der Waals surface area (Å²) < 4.78 is 0.911. The maximum Gasteiger partial charge on any atom is 0.224 e.